The van der Waals surface area contributed by atoms with Crippen molar-refractivity contribution >= 4 is 36.0 Å². The number of anilines is 3. The van der Waals surface area contributed by atoms with Crippen molar-refractivity contribution in [1.82, 2.24) is 4.90 Å². The lowest BCUT2D eigenvalue weighted by Gasteiger charge is -2.26. The number of ether oxygens (including phenoxy) is 2. The van der Waals surface area contributed by atoms with Gasteiger partial charge < -0.3 is 39.9 Å². The van der Waals surface area contributed by atoms with E-state index in [-0.39, 0.29) is 12.2 Å². The van der Waals surface area contributed by atoms with Crippen molar-refractivity contribution in [3.8, 4) is 5.75 Å². The number of likely N-dealkylation sites (tertiary alicyclic amines) is 1. The Labute approximate surface area is 224 Å². The van der Waals surface area contributed by atoms with Crippen LogP contribution in [0.25, 0.3) is 0 Å². The molecule has 2 aromatic carbocycles. The first-order chi connectivity index (χ1) is 18.2. The van der Waals surface area contributed by atoms with Crippen molar-refractivity contribution < 1.29 is 23.5 Å². The van der Waals surface area contributed by atoms with Gasteiger partial charge in [-0.15, -0.1) is 0 Å². The molecule has 9 nitrogen and oxygen atoms in total. The van der Waals surface area contributed by atoms with Gasteiger partial charge in [-0.25, -0.2) is 9.38 Å². The lowest BCUT2D eigenvalue weighted by atomic mass is 10.0. The molecule has 0 saturated carbocycles. The average Bonchev–Trinajstić information content (AvgIpc) is 3.21. The molecule has 1 fully saturated rings. The van der Waals surface area contributed by atoms with Crippen LogP contribution in [0.5, 0.6) is 5.75 Å². The Balaban J connectivity index is 0.000000320. The number of aliphatic imine (C=N–C) groups is 1. The van der Waals surface area contributed by atoms with Gasteiger partial charge in [-0.05, 0) is 64.5 Å². The topological polar surface area (TPSA) is 104 Å². The number of carbonyl (C=O) groups is 2. The van der Waals surface area contributed by atoms with E-state index in [1.165, 1.54) is 25.5 Å². The molecule has 4 rings (SSSR count). The van der Waals surface area contributed by atoms with Gasteiger partial charge in [0.1, 0.15) is 30.7 Å². The number of nitrogens with one attached hydrogen (secondary N) is 3. The van der Waals surface area contributed by atoms with E-state index < -0.39 is 6.17 Å². The molecule has 1 saturated heterocycles. The van der Waals surface area contributed by atoms with Gasteiger partial charge >= 0.3 is 0 Å². The van der Waals surface area contributed by atoms with Gasteiger partial charge in [0.15, 0.2) is 6.17 Å². The smallest absolute Gasteiger partial charge is 0.151 e. The second kappa shape index (κ2) is 15.7. The number of aldehydes is 2. The third kappa shape index (κ3) is 9.42. The predicted molar refractivity (Wildman–Crippen MR) is 151 cm³/mol. The molecule has 2 aliphatic rings. The van der Waals surface area contributed by atoms with Crippen LogP contribution >= 0.6 is 0 Å². The Morgan fingerprint density at radius 3 is 2.34 bits per heavy atom. The van der Waals surface area contributed by atoms with Gasteiger partial charge in [0.2, 0.25) is 0 Å². The summed E-state index contributed by atoms with van der Waals surface area (Å²) in [6.07, 6.45) is 4.94. The maximum Gasteiger partial charge on any atom is 0.151 e. The fraction of sp³-hybridized carbons (Fsp3) is 0.464. The normalized spacial score (nSPS) is 16.9. The number of fused-ring (bicyclic) bond motifs is 1. The van der Waals surface area contributed by atoms with E-state index in [4.69, 9.17) is 9.47 Å². The van der Waals surface area contributed by atoms with E-state index in [0.29, 0.717) is 48.3 Å². The number of halogens is 1. The highest BCUT2D eigenvalue weighted by molar-refractivity contribution is 5.82. The fourth-order valence-corrected chi connectivity index (χ4v) is 3.85. The fourth-order valence-electron chi connectivity index (χ4n) is 3.85. The van der Waals surface area contributed by atoms with Gasteiger partial charge in [0.25, 0.3) is 0 Å². The monoisotopic (exact) mass is 529 g/mol. The van der Waals surface area contributed by atoms with Crippen LogP contribution in [0.3, 0.4) is 0 Å². The molecule has 2 heterocycles. The molecule has 2 aromatic rings. The highest BCUT2D eigenvalue weighted by Crippen LogP contribution is 2.35. The number of rotatable bonds is 9. The summed E-state index contributed by atoms with van der Waals surface area (Å²) in [5.74, 6) is 0.0758. The Hall–Kier alpha value is -3.50. The highest BCUT2D eigenvalue weighted by Gasteiger charge is 2.28. The van der Waals surface area contributed by atoms with Gasteiger partial charge in [0.05, 0.1) is 30.6 Å². The molecule has 3 N–H and O–H groups in total. The molecule has 0 amide bonds. The molecular weight excluding hydrogens is 489 g/mol. The quantitative estimate of drug-likeness (QED) is 0.244. The van der Waals surface area contributed by atoms with Crippen LogP contribution in [-0.4, -0.2) is 70.3 Å². The summed E-state index contributed by atoms with van der Waals surface area (Å²) in [4.78, 5) is 25.1. The Bertz CT molecular complexity index is 1040. The van der Waals surface area contributed by atoms with E-state index in [0.717, 1.165) is 11.4 Å². The van der Waals surface area contributed by atoms with Crippen molar-refractivity contribution in [3.63, 3.8) is 0 Å². The molecular formula is C28H40FN5O4. The summed E-state index contributed by atoms with van der Waals surface area (Å²) in [6, 6.07) is 10.9. The molecule has 208 valence electrons. The first-order valence-electron chi connectivity index (χ1n) is 12.6. The molecule has 10 heteroatoms. The van der Waals surface area contributed by atoms with Crippen molar-refractivity contribution in [2.24, 2.45) is 4.99 Å². The van der Waals surface area contributed by atoms with E-state index in [1.807, 2.05) is 31.3 Å². The number of benzene rings is 2. The van der Waals surface area contributed by atoms with Crippen LogP contribution in [0.1, 0.15) is 44.8 Å². The maximum absolute atomic E-state index is 14.6. The van der Waals surface area contributed by atoms with Gasteiger partial charge in [-0.2, -0.15) is 0 Å². The molecule has 0 aromatic heterocycles. The molecule has 0 spiro atoms. The first kappa shape index (κ1) is 30.7. The Kier molecular flexibility index (Phi) is 12.7. The van der Waals surface area contributed by atoms with E-state index in [1.54, 1.807) is 19.5 Å². The van der Waals surface area contributed by atoms with Crippen LogP contribution in [-0.2, 0) is 14.3 Å². The van der Waals surface area contributed by atoms with Crippen LogP contribution in [0, 0.1) is 5.82 Å². The van der Waals surface area contributed by atoms with E-state index >= 15 is 0 Å². The lowest BCUT2D eigenvalue weighted by molar-refractivity contribution is -0.114. The standard InChI is InChI=1S/C18H21FN4O2.C7H15N.C3H4O2/c1-20-12-3-5-13(6-4-12)23-18-17-15(19)9-14(25-8-7-24-2)10-16(17)21-11-22-18;1-7(2)5-4-6-8(7)3;4-2-1-3-5/h3-6,9-11,18,20,23H,7-8H2,1-2H3,(H,21,22);4-6H2,1-3H3;2-3H,1H2. The summed E-state index contributed by atoms with van der Waals surface area (Å²) in [6.45, 7) is 6.70. The minimum atomic E-state index is -0.510. The first-order valence-corrected chi connectivity index (χ1v) is 12.6. The second-order valence-corrected chi connectivity index (χ2v) is 9.41. The largest absolute Gasteiger partial charge is 0.491 e. The van der Waals surface area contributed by atoms with Crippen molar-refractivity contribution in [2.75, 3.05) is 56.9 Å². The van der Waals surface area contributed by atoms with Crippen molar-refractivity contribution in [2.45, 2.75) is 44.8 Å². The number of hydrogen-bond donors (Lipinski definition) is 3. The van der Waals surface area contributed by atoms with Crippen LogP contribution in [0.2, 0.25) is 0 Å². The lowest BCUT2D eigenvalue weighted by Crippen LogP contribution is -2.34. The molecule has 38 heavy (non-hydrogen) atoms. The zero-order valence-corrected chi connectivity index (χ0v) is 22.9. The predicted octanol–water partition coefficient (Wildman–Crippen LogP) is 4.72. The molecule has 1 unspecified atom stereocenters. The molecule has 2 aliphatic heterocycles. The molecule has 0 aliphatic carbocycles. The van der Waals surface area contributed by atoms with Gasteiger partial charge in [-0.1, -0.05) is 0 Å². The third-order valence-electron chi connectivity index (χ3n) is 6.36. The summed E-state index contributed by atoms with van der Waals surface area (Å²) in [5.41, 5.74) is 3.43. The van der Waals surface area contributed by atoms with Crippen LogP contribution in [0.4, 0.5) is 21.5 Å². The van der Waals surface area contributed by atoms with Gasteiger partial charge in [0, 0.05) is 43.2 Å². The zero-order valence-electron chi connectivity index (χ0n) is 22.9. The Morgan fingerprint density at radius 1 is 1.16 bits per heavy atom. The molecule has 1 atom stereocenters. The minimum Gasteiger partial charge on any atom is -0.491 e. The molecule has 0 bridgehead atoms. The highest BCUT2D eigenvalue weighted by atomic mass is 19.1. The second-order valence-electron chi connectivity index (χ2n) is 9.41. The minimum absolute atomic E-state index is 0.0278. The summed E-state index contributed by atoms with van der Waals surface area (Å²) >= 11 is 0. The number of carbonyl (C=O) groups excluding carboxylic acids is 2. The van der Waals surface area contributed by atoms with Crippen molar-refractivity contribution in [1.29, 1.82) is 0 Å². The summed E-state index contributed by atoms with van der Waals surface area (Å²) in [5, 5.41) is 9.27. The van der Waals surface area contributed by atoms with Crippen molar-refractivity contribution in [3.05, 3.63) is 47.8 Å². The van der Waals surface area contributed by atoms with Gasteiger partial charge in [-0.3, -0.25) is 0 Å². The zero-order chi connectivity index (χ0) is 28.0. The van der Waals surface area contributed by atoms with E-state index in [9.17, 15) is 14.0 Å². The summed E-state index contributed by atoms with van der Waals surface area (Å²) in [7, 11) is 5.65. The van der Waals surface area contributed by atoms with Crippen LogP contribution in [0.15, 0.2) is 41.4 Å². The maximum atomic E-state index is 14.6. The summed E-state index contributed by atoms with van der Waals surface area (Å²) < 4.78 is 25.1. The SMILES string of the molecule is CN1CCCC1(C)C.CNc1ccc(NC2N=CNc3cc(OCCOC)cc(F)c32)cc1.O=CCC=O. The number of methoxy groups -OCH3 is 1. The number of nitrogens with zero attached hydrogens (tertiary/aromatic N) is 2. The third-order valence-corrected chi connectivity index (χ3v) is 6.36. The van der Waals surface area contributed by atoms with Crippen LogP contribution < -0.4 is 20.7 Å². The molecule has 0 radical (unpaired) electrons. The Morgan fingerprint density at radius 2 is 1.84 bits per heavy atom. The number of hydrogen-bond acceptors (Lipinski definition) is 9. The van der Waals surface area contributed by atoms with E-state index in [2.05, 4.69) is 46.7 Å². The average molecular weight is 530 g/mol.